The largest absolute Gasteiger partial charge is 0.480 e. The van der Waals surface area contributed by atoms with Crippen molar-refractivity contribution in [3.63, 3.8) is 0 Å². The minimum absolute atomic E-state index is 0.175. The molecule has 1 rings (SSSR count). The van der Waals surface area contributed by atoms with Crippen LogP contribution in [0.5, 0.6) is 0 Å². The van der Waals surface area contributed by atoms with Gasteiger partial charge in [-0.25, -0.2) is 9.67 Å². The van der Waals surface area contributed by atoms with Crippen molar-refractivity contribution in [2.45, 2.75) is 58.7 Å². The number of carboxylic acids is 1. The summed E-state index contributed by atoms with van der Waals surface area (Å²) in [6.07, 6.45) is 0. The molecule has 0 fully saturated rings. The average molecular weight is 285 g/mol. The number of aryl methyl sites for hydroxylation is 1. The molecule has 0 saturated carbocycles. The lowest BCUT2D eigenvalue weighted by Crippen LogP contribution is -2.29. The standard InChI is InChI=1S/C12H23N3O3Si/c1-8-13-10(14-15(8)7-9(16)17)12(5,6)18-19-11(2,3)4/h7,19H2,1-6H3,(H,16,17). The molecule has 1 N–H and O–H groups in total. The molecule has 1 aromatic rings. The van der Waals surface area contributed by atoms with E-state index in [1.807, 2.05) is 13.8 Å². The predicted molar refractivity (Wildman–Crippen MR) is 74.8 cm³/mol. The van der Waals surface area contributed by atoms with E-state index in [-0.39, 0.29) is 11.6 Å². The van der Waals surface area contributed by atoms with Crippen molar-refractivity contribution in [3.05, 3.63) is 11.6 Å². The van der Waals surface area contributed by atoms with E-state index in [0.29, 0.717) is 11.6 Å². The minimum Gasteiger partial charge on any atom is -0.480 e. The van der Waals surface area contributed by atoms with Crippen LogP contribution in [-0.2, 0) is 21.4 Å². The maximum Gasteiger partial charge on any atom is 0.325 e. The third-order valence-corrected chi connectivity index (χ3v) is 4.28. The first kappa shape index (κ1) is 15.8. The van der Waals surface area contributed by atoms with Crippen molar-refractivity contribution in [2.24, 2.45) is 0 Å². The topological polar surface area (TPSA) is 77.2 Å². The number of aliphatic carboxylic acids is 1. The van der Waals surface area contributed by atoms with Gasteiger partial charge < -0.3 is 9.53 Å². The molecule has 0 amide bonds. The monoisotopic (exact) mass is 285 g/mol. The van der Waals surface area contributed by atoms with Gasteiger partial charge in [-0.15, -0.1) is 0 Å². The molecule has 108 valence electrons. The van der Waals surface area contributed by atoms with E-state index >= 15 is 0 Å². The Balaban J connectivity index is 2.86. The zero-order valence-electron chi connectivity index (χ0n) is 12.5. The molecule has 0 saturated heterocycles. The van der Waals surface area contributed by atoms with Crippen LogP contribution in [0, 0.1) is 6.92 Å². The Kier molecular flexibility index (Phi) is 4.52. The van der Waals surface area contributed by atoms with Gasteiger partial charge in [-0.1, -0.05) is 20.8 Å². The van der Waals surface area contributed by atoms with Gasteiger partial charge in [0, 0.05) is 0 Å². The Morgan fingerprint density at radius 1 is 1.37 bits per heavy atom. The van der Waals surface area contributed by atoms with Crippen LogP contribution in [0.2, 0.25) is 5.04 Å². The molecule has 0 aromatic carbocycles. The van der Waals surface area contributed by atoms with Gasteiger partial charge in [-0.2, -0.15) is 5.10 Å². The lowest BCUT2D eigenvalue weighted by atomic mass is 10.1. The van der Waals surface area contributed by atoms with Crippen LogP contribution in [-0.4, -0.2) is 35.6 Å². The molecular formula is C12H23N3O3Si. The first-order valence-corrected chi connectivity index (χ1v) is 7.57. The second-order valence-electron chi connectivity index (χ2n) is 6.39. The number of aromatic nitrogens is 3. The molecule has 0 radical (unpaired) electrons. The van der Waals surface area contributed by atoms with Gasteiger partial charge in [0.25, 0.3) is 0 Å². The van der Waals surface area contributed by atoms with Gasteiger partial charge in [0.2, 0.25) is 0 Å². The van der Waals surface area contributed by atoms with Gasteiger partial charge in [-0.3, -0.25) is 4.79 Å². The molecule has 7 heteroatoms. The number of hydrogen-bond donors (Lipinski definition) is 1. The lowest BCUT2D eigenvalue weighted by molar-refractivity contribution is -0.137. The molecule has 1 aromatic heterocycles. The van der Waals surface area contributed by atoms with Crippen LogP contribution in [0.1, 0.15) is 46.3 Å². The Labute approximate surface area is 116 Å². The highest BCUT2D eigenvalue weighted by atomic mass is 28.2. The van der Waals surface area contributed by atoms with Gasteiger partial charge in [0.05, 0.1) is 0 Å². The highest BCUT2D eigenvalue weighted by Crippen LogP contribution is 2.27. The maximum atomic E-state index is 10.7. The van der Waals surface area contributed by atoms with Crippen molar-refractivity contribution in [3.8, 4) is 0 Å². The maximum absolute atomic E-state index is 10.7. The molecule has 1 heterocycles. The first-order valence-electron chi connectivity index (χ1n) is 6.29. The molecule has 19 heavy (non-hydrogen) atoms. The fourth-order valence-electron chi connectivity index (χ4n) is 1.41. The van der Waals surface area contributed by atoms with Crippen molar-refractivity contribution < 1.29 is 14.3 Å². The molecule has 0 spiro atoms. The minimum atomic E-state index is -0.928. The molecule has 0 atom stereocenters. The van der Waals surface area contributed by atoms with E-state index in [0.717, 1.165) is 0 Å². The predicted octanol–water partition coefficient (Wildman–Crippen LogP) is 1.23. The van der Waals surface area contributed by atoms with Crippen molar-refractivity contribution >= 4 is 15.7 Å². The van der Waals surface area contributed by atoms with E-state index in [1.165, 1.54) is 4.68 Å². The van der Waals surface area contributed by atoms with E-state index in [4.69, 9.17) is 9.53 Å². The van der Waals surface area contributed by atoms with Crippen LogP contribution in [0.15, 0.2) is 0 Å². The molecule has 0 unspecified atom stereocenters. The molecule has 6 nitrogen and oxygen atoms in total. The second-order valence-corrected chi connectivity index (χ2v) is 9.09. The quantitative estimate of drug-likeness (QED) is 0.823. The van der Waals surface area contributed by atoms with E-state index in [9.17, 15) is 4.79 Å². The summed E-state index contributed by atoms with van der Waals surface area (Å²) in [6.45, 7) is 11.9. The summed E-state index contributed by atoms with van der Waals surface area (Å²) < 4.78 is 7.40. The van der Waals surface area contributed by atoms with Gasteiger partial charge in [0.15, 0.2) is 15.6 Å². The van der Waals surface area contributed by atoms with Crippen molar-refractivity contribution in [2.75, 3.05) is 0 Å². The number of rotatable bonds is 5. The van der Waals surface area contributed by atoms with Gasteiger partial charge in [0.1, 0.15) is 18.0 Å². The highest BCUT2D eigenvalue weighted by Gasteiger charge is 2.29. The SMILES string of the molecule is Cc1nc(C(C)(C)O[SiH2]C(C)(C)C)nn1CC(=O)O. The number of hydrogen-bond acceptors (Lipinski definition) is 4. The Morgan fingerprint density at radius 3 is 2.42 bits per heavy atom. The van der Waals surface area contributed by atoms with E-state index in [2.05, 4.69) is 30.9 Å². The molecule has 0 bridgehead atoms. The highest BCUT2D eigenvalue weighted by molar-refractivity contribution is 6.31. The summed E-state index contributed by atoms with van der Waals surface area (Å²) in [5.41, 5.74) is -0.575. The van der Waals surface area contributed by atoms with E-state index in [1.54, 1.807) is 6.92 Å². The molecule has 0 aliphatic heterocycles. The molecule has 0 aliphatic carbocycles. The summed E-state index contributed by atoms with van der Waals surface area (Å²) in [5.74, 6) is 0.205. The zero-order valence-corrected chi connectivity index (χ0v) is 13.9. The average Bonchev–Trinajstić information content (AvgIpc) is 2.57. The third kappa shape index (κ3) is 4.75. The molecular weight excluding hydrogens is 262 g/mol. The fourth-order valence-corrected chi connectivity index (χ4v) is 2.34. The Morgan fingerprint density at radius 2 is 1.95 bits per heavy atom. The summed E-state index contributed by atoms with van der Waals surface area (Å²) >= 11 is 0. The summed E-state index contributed by atoms with van der Waals surface area (Å²) in [7, 11) is -0.729. The second kappa shape index (κ2) is 5.42. The zero-order chi connectivity index (χ0) is 14.8. The first-order chi connectivity index (χ1) is 8.51. The summed E-state index contributed by atoms with van der Waals surface area (Å²) in [5, 5.41) is 13.2. The van der Waals surface area contributed by atoms with Crippen molar-refractivity contribution in [1.82, 2.24) is 14.8 Å². The fraction of sp³-hybridized carbons (Fsp3) is 0.750. The third-order valence-electron chi connectivity index (χ3n) is 2.55. The smallest absolute Gasteiger partial charge is 0.325 e. The van der Waals surface area contributed by atoms with Crippen LogP contribution in [0.3, 0.4) is 0 Å². The molecule has 0 aliphatic rings. The van der Waals surface area contributed by atoms with Crippen LogP contribution in [0.25, 0.3) is 0 Å². The van der Waals surface area contributed by atoms with Crippen LogP contribution >= 0.6 is 0 Å². The van der Waals surface area contributed by atoms with Crippen LogP contribution < -0.4 is 0 Å². The number of nitrogens with zero attached hydrogens (tertiary/aromatic N) is 3. The summed E-state index contributed by atoms with van der Waals surface area (Å²) in [6, 6.07) is 0. The lowest BCUT2D eigenvalue weighted by Gasteiger charge is -2.27. The van der Waals surface area contributed by atoms with Gasteiger partial charge >= 0.3 is 5.97 Å². The number of carboxylic acid groups (broad SMARTS) is 1. The van der Waals surface area contributed by atoms with Crippen molar-refractivity contribution in [1.29, 1.82) is 0 Å². The van der Waals surface area contributed by atoms with Gasteiger partial charge in [-0.05, 0) is 25.8 Å². The Bertz CT molecular complexity index is 463. The normalized spacial score (nSPS) is 13.4. The summed E-state index contributed by atoms with van der Waals surface area (Å²) in [4.78, 5) is 15.0. The number of carbonyl (C=O) groups is 1. The Hall–Kier alpha value is -1.21. The van der Waals surface area contributed by atoms with Crippen LogP contribution in [0.4, 0.5) is 0 Å². The van der Waals surface area contributed by atoms with E-state index < -0.39 is 21.3 Å².